The molecule has 1 aromatic carbocycles. The third-order valence-corrected chi connectivity index (χ3v) is 4.74. The van der Waals surface area contributed by atoms with Crippen LogP contribution in [-0.2, 0) is 15.9 Å². The van der Waals surface area contributed by atoms with Crippen LogP contribution in [0.5, 0.6) is 0 Å². The molecule has 2 nitrogen and oxygen atoms in total. The molecule has 2 aliphatic rings. The zero-order chi connectivity index (χ0) is 13.8. The fourth-order valence-corrected chi connectivity index (χ4v) is 3.43. The summed E-state index contributed by atoms with van der Waals surface area (Å²) in [6, 6.07) is 8.86. The van der Waals surface area contributed by atoms with Crippen LogP contribution in [0.15, 0.2) is 24.3 Å². The lowest BCUT2D eigenvalue weighted by Crippen LogP contribution is -2.28. The second kappa shape index (κ2) is 6.73. The van der Waals surface area contributed by atoms with E-state index in [9.17, 15) is 0 Å². The van der Waals surface area contributed by atoms with Crippen LogP contribution in [0.1, 0.15) is 36.8 Å². The molecule has 110 valence electrons. The zero-order valence-corrected chi connectivity index (χ0v) is 12.5. The summed E-state index contributed by atoms with van der Waals surface area (Å²) in [4.78, 5) is 0. The fraction of sp³-hybridized carbons (Fsp3) is 0.667. The molecular weight excluding hydrogens is 248 g/mol. The summed E-state index contributed by atoms with van der Waals surface area (Å²) in [5.74, 6) is 1.55. The lowest BCUT2D eigenvalue weighted by molar-refractivity contribution is -0.0212. The van der Waals surface area contributed by atoms with Crippen molar-refractivity contribution in [2.24, 2.45) is 11.8 Å². The van der Waals surface area contributed by atoms with Crippen molar-refractivity contribution in [1.29, 1.82) is 0 Å². The molecule has 3 unspecified atom stereocenters. The molecule has 2 heteroatoms. The summed E-state index contributed by atoms with van der Waals surface area (Å²) in [5.41, 5.74) is 2.74. The molecule has 0 bridgehead atoms. The summed E-state index contributed by atoms with van der Waals surface area (Å²) in [7, 11) is 0. The Hall–Kier alpha value is -0.860. The predicted octanol–water partition coefficient (Wildman–Crippen LogP) is 3.76. The molecule has 0 aromatic heterocycles. The average Bonchev–Trinajstić information content (AvgIpc) is 2.96. The molecule has 3 rings (SSSR count). The normalized spacial score (nSPS) is 30.6. The quantitative estimate of drug-likeness (QED) is 0.832. The standard InChI is InChI=1S/C18H26O2/c1-14-2-4-15(5-3-14)11-18-7-6-16(13-20-18)10-17-8-9-19-12-17/h2-5,16-18H,6-13H2,1H3. The van der Waals surface area contributed by atoms with Crippen molar-refractivity contribution in [2.75, 3.05) is 19.8 Å². The van der Waals surface area contributed by atoms with Gasteiger partial charge < -0.3 is 9.47 Å². The van der Waals surface area contributed by atoms with Crippen molar-refractivity contribution in [1.82, 2.24) is 0 Å². The van der Waals surface area contributed by atoms with Crippen LogP contribution in [0.4, 0.5) is 0 Å². The molecule has 2 saturated heterocycles. The van der Waals surface area contributed by atoms with E-state index in [1.165, 1.54) is 36.8 Å². The molecule has 0 radical (unpaired) electrons. The Morgan fingerprint density at radius 2 is 1.80 bits per heavy atom. The maximum Gasteiger partial charge on any atom is 0.0615 e. The monoisotopic (exact) mass is 274 g/mol. The number of aryl methyl sites for hydroxylation is 1. The molecule has 2 fully saturated rings. The minimum atomic E-state index is 0.425. The topological polar surface area (TPSA) is 18.5 Å². The Balaban J connectivity index is 1.42. The van der Waals surface area contributed by atoms with Crippen LogP contribution in [0.25, 0.3) is 0 Å². The number of hydrogen-bond donors (Lipinski definition) is 0. The molecule has 20 heavy (non-hydrogen) atoms. The Morgan fingerprint density at radius 3 is 2.45 bits per heavy atom. The molecule has 2 heterocycles. The van der Waals surface area contributed by atoms with E-state index in [2.05, 4.69) is 31.2 Å². The number of ether oxygens (including phenoxy) is 2. The largest absolute Gasteiger partial charge is 0.381 e. The minimum Gasteiger partial charge on any atom is -0.381 e. The average molecular weight is 274 g/mol. The van der Waals surface area contributed by atoms with Gasteiger partial charge in [-0.25, -0.2) is 0 Å². The molecule has 2 aliphatic heterocycles. The van der Waals surface area contributed by atoms with E-state index >= 15 is 0 Å². The lowest BCUT2D eigenvalue weighted by Gasteiger charge is -2.30. The Labute approximate surface area is 122 Å². The van der Waals surface area contributed by atoms with Gasteiger partial charge in [-0.1, -0.05) is 29.8 Å². The summed E-state index contributed by atoms with van der Waals surface area (Å²) in [6.07, 6.45) is 6.59. The van der Waals surface area contributed by atoms with E-state index in [0.717, 1.165) is 38.1 Å². The smallest absolute Gasteiger partial charge is 0.0615 e. The zero-order valence-electron chi connectivity index (χ0n) is 12.5. The van der Waals surface area contributed by atoms with Gasteiger partial charge in [0.25, 0.3) is 0 Å². The highest BCUT2D eigenvalue weighted by Crippen LogP contribution is 2.29. The van der Waals surface area contributed by atoms with Crippen molar-refractivity contribution >= 4 is 0 Å². The minimum absolute atomic E-state index is 0.425. The van der Waals surface area contributed by atoms with Gasteiger partial charge in [0.05, 0.1) is 6.10 Å². The van der Waals surface area contributed by atoms with E-state index in [-0.39, 0.29) is 0 Å². The van der Waals surface area contributed by atoms with Crippen molar-refractivity contribution in [3.8, 4) is 0 Å². The first kappa shape index (κ1) is 14.1. The van der Waals surface area contributed by atoms with Crippen molar-refractivity contribution in [3.63, 3.8) is 0 Å². The molecule has 0 spiro atoms. The van der Waals surface area contributed by atoms with Crippen molar-refractivity contribution < 1.29 is 9.47 Å². The van der Waals surface area contributed by atoms with Gasteiger partial charge in [0.2, 0.25) is 0 Å². The van der Waals surface area contributed by atoms with Gasteiger partial charge in [-0.2, -0.15) is 0 Å². The van der Waals surface area contributed by atoms with E-state index < -0.39 is 0 Å². The van der Waals surface area contributed by atoms with Gasteiger partial charge in [-0.15, -0.1) is 0 Å². The number of benzene rings is 1. The van der Waals surface area contributed by atoms with Gasteiger partial charge in [0.1, 0.15) is 0 Å². The van der Waals surface area contributed by atoms with Crippen molar-refractivity contribution in [2.45, 2.75) is 45.1 Å². The lowest BCUT2D eigenvalue weighted by atomic mass is 9.87. The molecular formula is C18H26O2. The van der Waals surface area contributed by atoms with E-state index in [1.54, 1.807) is 0 Å². The Morgan fingerprint density at radius 1 is 1.00 bits per heavy atom. The van der Waals surface area contributed by atoms with Gasteiger partial charge >= 0.3 is 0 Å². The fourth-order valence-electron chi connectivity index (χ4n) is 3.43. The first-order chi connectivity index (χ1) is 9.79. The Kier molecular flexibility index (Phi) is 4.74. The van der Waals surface area contributed by atoms with Crippen LogP contribution < -0.4 is 0 Å². The van der Waals surface area contributed by atoms with Gasteiger partial charge in [-0.05, 0) is 56.4 Å². The van der Waals surface area contributed by atoms with Crippen molar-refractivity contribution in [3.05, 3.63) is 35.4 Å². The van der Waals surface area contributed by atoms with Gasteiger partial charge in [0.15, 0.2) is 0 Å². The number of rotatable bonds is 4. The van der Waals surface area contributed by atoms with E-state index in [4.69, 9.17) is 9.47 Å². The first-order valence-electron chi connectivity index (χ1n) is 8.04. The summed E-state index contributed by atoms with van der Waals surface area (Å²) >= 11 is 0. The third kappa shape index (κ3) is 3.83. The maximum absolute atomic E-state index is 6.09. The highest BCUT2D eigenvalue weighted by molar-refractivity contribution is 5.21. The van der Waals surface area contributed by atoms with Crippen LogP contribution in [0.2, 0.25) is 0 Å². The summed E-state index contributed by atoms with van der Waals surface area (Å²) in [6.45, 7) is 5.03. The van der Waals surface area contributed by atoms with Gasteiger partial charge in [-0.3, -0.25) is 0 Å². The van der Waals surface area contributed by atoms with Crippen LogP contribution in [0, 0.1) is 18.8 Å². The Bertz CT molecular complexity index is 398. The van der Waals surface area contributed by atoms with Crippen LogP contribution >= 0.6 is 0 Å². The second-order valence-electron chi connectivity index (χ2n) is 6.55. The molecule has 0 saturated carbocycles. The second-order valence-corrected chi connectivity index (χ2v) is 6.55. The molecule has 0 aliphatic carbocycles. The molecule has 3 atom stereocenters. The molecule has 0 amide bonds. The van der Waals surface area contributed by atoms with Crippen LogP contribution in [-0.4, -0.2) is 25.9 Å². The van der Waals surface area contributed by atoms with Gasteiger partial charge in [0, 0.05) is 19.8 Å². The SMILES string of the molecule is Cc1ccc(CC2CCC(CC3CCOC3)CO2)cc1. The third-order valence-electron chi connectivity index (χ3n) is 4.74. The number of hydrogen-bond acceptors (Lipinski definition) is 2. The maximum atomic E-state index is 6.09. The highest BCUT2D eigenvalue weighted by atomic mass is 16.5. The summed E-state index contributed by atoms with van der Waals surface area (Å²) in [5, 5.41) is 0. The molecule has 0 N–H and O–H groups in total. The highest BCUT2D eigenvalue weighted by Gasteiger charge is 2.26. The van der Waals surface area contributed by atoms with Crippen LogP contribution in [0.3, 0.4) is 0 Å². The summed E-state index contributed by atoms with van der Waals surface area (Å²) < 4.78 is 11.6. The van der Waals surface area contributed by atoms with E-state index in [1.807, 2.05) is 0 Å². The first-order valence-corrected chi connectivity index (χ1v) is 8.04. The van der Waals surface area contributed by atoms with E-state index in [0.29, 0.717) is 6.10 Å². The molecule has 1 aromatic rings. The predicted molar refractivity (Wildman–Crippen MR) is 80.9 cm³/mol.